The summed E-state index contributed by atoms with van der Waals surface area (Å²) in [7, 11) is 0. The summed E-state index contributed by atoms with van der Waals surface area (Å²) in [6, 6.07) is 9.00. The highest BCUT2D eigenvalue weighted by atomic mass is 19.4. The van der Waals surface area contributed by atoms with Gasteiger partial charge in [-0.1, -0.05) is 24.3 Å². The van der Waals surface area contributed by atoms with Crippen LogP contribution in [0.1, 0.15) is 5.56 Å². The Labute approximate surface area is 101 Å². The summed E-state index contributed by atoms with van der Waals surface area (Å²) in [4.78, 5) is 0. The van der Waals surface area contributed by atoms with Crippen LogP contribution in [-0.4, -0.2) is 10.2 Å². The van der Waals surface area contributed by atoms with Crippen LogP contribution in [0.2, 0.25) is 0 Å². The quantitative estimate of drug-likeness (QED) is 0.812. The monoisotopic (exact) mass is 254 g/mol. The number of rotatable bonds is 1. The smallest absolute Gasteiger partial charge is 0.420 e. The molecule has 0 fully saturated rings. The Kier molecular flexibility index (Phi) is 2.90. The lowest BCUT2D eigenvalue weighted by atomic mass is 9.98. The van der Waals surface area contributed by atoms with E-state index in [0.29, 0.717) is 0 Å². The Morgan fingerprint density at radius 1 is 0.889 bits per heavy atom. The Hall–Kier alpha value is -2.17. The summed E-state index contributed by atoms with van der Waals surface area (Å²) in [6.45, 7) is 0. The lowest BCUT2D eigenvalue weighted by Gasteiger charge is -2.14. The number of hydrogen-bond donors (Lipinski definition) is 2. The Morgan fingerprint density at radius 2 is 1.56 bits per heavy atom. The summed E-state index contributed by atoms with van der Waals surface area (Å²) < 4.78 is 38.6. The van der Waals surface area contributed by atoms with Crippen LogP contribution >= 0.6 is 0 Å². The second-order valence-corrected chi connectivity index (χ2v) is 3.75. The third-order valence-corrected chi connectivity index (χ3v) is 2.48. The van der Waals surface area contributed by atoms with Gasteiger partial charge in [-0.25, -0.2) is 0 Å². The van der Waals surface area contributed by atoms with Crippen LogP contribution in [0, 0.1) is 0 Å². The average molecular weight is 254 g/mol. The average Bonchev–Trinajstić information content (AvgIpc) is 2.27. The van der Waals surface area contributed by atoms with E-state index in [9.17, 15) is 23.4 Å². The van der Waals surface area contributed by atoms with E-state index in [2.05, 4.69) is 0 Å². The first-order chi connectivity index (χ1) is 8.39. The first-order valence-electron chi connectivity index (χ1n) is 5.08. The van der Waals surface area contributed by atoms with Crippen molar-refractivity contribution in [2.45, 2.75) is 6.18 Å². The van der Waals surface area contributed by atoms with Gasteiger partial charge in [0.15, 0.2) is 0 Å². The predicted octanol–water partition coefficient (Wildman–Crippen LogP) is 3.78. The molecule has 2 N–H and O–H groups in total. The molecule has 2 nitrogen and oxygen atoms in total. The number of phenols is 2. The third kappa shape index (κ3) is 2.25. The van der Waals surface area contributed by atoms with Crippen molar-refractivity contribution in [1.29, 1.82) is 0 Å². The van der Waals surface area contributed by atoms with Crippen LogP contribution < -0.4 is 0 Å². The number of halogens is 3. The van der Waals surface area contributed by atoms with Crippen LogP contribution in [0.3, 0.4) is 0 Å². The van der Waals surface area contributed by atoms with Crippen molar-refractivity contribution >= 4 is 0 Å². The van der Waals surface area contributed by atoms with Crippen LogP contribution in [0.25, 0.3) is 11.1 Å². The largest absolute Gasteiger partial charge is 0.508 e. The summed E-state index contributed by atoms with van der Waals surface area (Å²) in [5.74, 6) is -0.965. The highest BCUT2D eigenvalue weighted by Gasteiger charge is 2.36. The van der Waals surface area contributed by atoms with Gasteiger partial charge >= 0.3 is 6.18 Å². The zero-order valence-electron chi connectivity index (χ0n) is 9.07. The van der Waals surface area contributed by atoms with Gasteiger partial charge in [0, 0.05) is 0 Å². The van der Waals surface area contributed by atoms with Gasteiger partial charge in [-0.2, -0.15) is 13.2 Å². The van der Waals surface area contributed by atoms with Crippen LogP contribution in [-0.2, 0) is 6.18 Å². The molecule has 0 unspecified atom stereocenters. The molecule has 0 aliphatic heterocycles. The van der Waals surface area contributed by atoms with Crippen molar-refractivity contribution in [3.05, 3.63) is 48.0 Å². The number of benzene rings is 2. The minimum absolute atomic E-state index is 0.135. The van der Waals surface area contributed by atoms with Gasteiger partial charge in [0.05, 0.1) is 0 Å². The van der Waals surface area contributed by atoms with Gasteiger partial charge in [0.25, 0.3) is 0 Å². The van der Waals surface area contributed by atoms with E-state index in [1.807, 2.05) is 0 Å². The molecule has 0 atom stereocenters. The molecule has 0 spiro atoms. The van der Waals surface area contributed by atoms with E-state index in [-0.39, 0.29) is 16.9 Å². The molecule has 2 rings (SSSR count). The van der Waals surface area contributed by atoms with E-state index < -0.39 is 17.5 Å². The maximum atomic E-state index is 12.9. The molecule has 0 saturated heterocycles. The van der Waals surface area contributed by atoms with Crippen molar-refractivity contribution in [1.82, 2.24) is 0 Å². The van der Waals surface area contributed by atoms with Gasteiger partial charge in [0.1, 0.15) is 17.1 Å². The summed E-state index contributed by atoms with van der Waals surface area (Å²) in [6.07, 6.45) is -4.66. The number of alkyl halides is 3. The van der Waals surface area contributed by atoms with E-state index >= 15 is 0 Å². The highest BCUT2D eigenvalue weighted by Crippen LogP contribution is 2.42. The van der Waals surface area contributed by atoms with E-state index in [1.54, 1.807) is 0 Å². The Balaban J connectivity index is 2.69. The summed E-state index contributed by atoms with van der Waals surface area (Å²) in [5.41, 5.74) is -1.08. The van der Waals surface area contributed by atoms with E-state index in [0.717, 1.165) is 6.07 Å². The molecule has 0 bridgehead atoms. The zero-order chi connectivity index (χ0) is 13.3. The van der Waals surface area contributed by atoms with Gasteiger partial charge in [-0.15, -0.1) is 0 Å². The Bertz CT molecular complexity index is 577. The van der Waals surface area contributed by atoms with Gasteiger partial charge in [0.2, 0.25) is 0 Å². The van der Waals surface area contributed by atoms with E-state index in [4.69, 9.17) is 0 Å². The van der Waals surface area contributed by atoms with Gasteiger partial charge in [-0.05, 0) is 29.3 Å². The molecular weight excluding hydrogens is 245 g/mol. The van der Waals surface area contributed by atoms with Crippen LogP contribution in [0.4, 0.5) is 13.2 Å². The standard InChI is InChI=1S/C13H9F3O2/c14-13(15,16)12-10(5-2-6-11(12)18)8-3-1-4-9(17)7-8/h1-7,17-18H. The van der Waals surface area contributed by atoms with Crippen LogP contribution in [0.5, 0.6) is 11.5 Å². The molecule has 18 heavy (non-hydrogen) atoms. The van der Waals surface area contributed by atoms with Crippen molar-refractivity contribution < 1.29 is 23.4 Å². The fourth-order valence-electron chi connectivity index (χ4n) is 1.75. The van der Waals surface area contributed by atoms with Gasteiger partial charge in [-0.3, -0.25) is 0 Å². The second-order valence-electron chi connectivity index (χ2n) is 3.75. The maximum Gasteiger partial charge on any atom is 0.420 e. The van der Waals surface area contributed by atoms with Crippen molar-refractivity contribution in [3.8, 4) is 22.6 Å². The molecule has 5 heteroatoms. The predicted molar refractivity (Wildman–Crippen MR) is 60.2 cm³/mol. The SMILES string of the molecule is Oc1cccc(-c2cccc(O)c2C(F)(F)F)c1. The molecule has 0 radical (unpaired) electrons. The maximum absolute atomic E-state index is 12.9. The highest BCUT2D eigenvalue weighted by molar-refractivity contribution is 5.71. The van der Waals surface area contributed by atoms with Crippen molar-refractivity contribution in [2.24, 2.45) is 0 Å². The fourth-order valence-corrected chi connectivity index (χ4v) is 1.75. The first kappa shape index (κ1) is 12.3. The molecule has 2 aromatic carbocycles. The van der Waals surface area contributed by atoms with E-state index in [1.165, 1.54) is 36.4 Å². The summed E-state index contributed by atoms with van der Waals surface area (Å²) in [5, 5.41) is 18.7. The minimum Gasteiger partial charge on any atom is -0.508 e. The molecule has 0 amide bonds. The molecular formula is C13H9F3O2. The lowest BCUT2D eigenvalue weighted by Crippen LogP contribution is -2.07. The zero-order valence-corrected chi connectivity index (χ0v) is 9.07. The topological polar surface area (TPSA) is 40.5 Å². The Morgan fingerprint density at radius 3 is 2.17 bits per heavy atom. The second kappa shape index (κ2) is 4.25. The van der Waals surface area contributed by atoms with Crippen molar-refractivity contribution in [2.75, 3.05) is 0 Å². The van der Waals surface area contributed by atoms with Gasteiger partial charge < -0.3 is 10.2 Å². The molecule has 0 saturated carbocycles. The summed E-state index contributed by atoms with van der Waals surface area (Å²) >= 11 is 0. The number of aromatic hydroxyl groups is 2. The molecule has 0 aromatic heterocycles. The lowest BCUT2D eigenvalue weighted by molar-refractivity contribution is -0.138. The molecule has 0 aliphatic carbocycles. The molecule has 94 valence electrons. The number of phenolic OH excluding ortho intramolecular Hbond substituents is 2. The number of hydrogen-bond acceptors (Lipinski definition) is 2. The normalized spacial score (nSPS) is 11.5. The van der Waals surface area contributed by atoms with Crippen molar-refractivity contribution in [3.63, 3.8) is 0 Å². The molecule has 0 aliphatic rings. The minimum atomic E-state index is -4.66. The molecule has 2 aromatic rings. The first-order valence-corrected chi connectivity index (χ1v) is 5.08. The molecule has 0 heterocycles. The third-order valence-electron chi connectivity index (χ3n) is 2.48. The van der Waals surface area contributed by atoms with Crippen LogP contribution in [0.15, 0.2) is 42.5 Å². The fraction of sp³-hybridized carbons (Fsp3) is 0.0769.